The molecule has 330 valence electrons. The second-order valence-corrected chi connectivity index (χ2v) is 18.7. The highest BCUT2D eigenvalue weighted by molar-refractivity contribution is 6.66. The molecule has 1 amide bonds. The van der Waals surface area contributed by atoms with Gasteiger partial charge in [-0.2, -0.15) is 5.10 Å². The van der Waals surface area contributed by atoms with E-state index in [1.807, 2.05) is 80.5 Å². The van der Waals surface area contributed by atoms with Crippen molar-refractivity contribution >= 4 is 82.9 Å². The summed E-state index contributed by atoms with van der Waals surface area (Å²) < 4.78 is 55.8. The topological polar surface area (TPSA) is 176 Å². The molecule has 0 spiro atoms. The van der Waals surface area contributed by atoms with Crippen molar-refractivity contribution in [1.29, 1.82) is 0 Å². The summed E-state index contributed by atoms with van der Waals surface area (Å²) in [6.45, 7) is 19.0. The molecule has 4 aliphatic rings. The first-order chi connectivity index (χ1) is 29.3. The highest BCUT2D eigenvalue weighted by Crippen LogP contribution is 2.41. The van der Waals surface area contributed by atoms with Crippen molar-refractivity contribution in [3.05, 3.63) is 85.3 Å². The van der Waals surface area contributed by atoms with Crippen molar-refractivity contribution in [2.24, 2.45) is 23.1 Å². The molecule has 2 aromatic heterocycles. The molecule has 0 radical (unpaired) electrons. The number of nitrogens with one attached hydrogen (secondary N) is 2. The van der Waals surface area contributed by atoms with Crippen LogP contribution >= 0.6 is 11.6 Å². The lowest BCUT2D eigenvalue weighted by Crippen LogP contribution is -2.55. The molecule has 16 nitrogen and oxygen atoms in total. The van der Waals surface area contributed by atoms with E-state index >= 15 is 0 Å². The molecule has 0 bridgehead atoms. The zero-order chi connectivity index (χ0) is 45.9. The van der Waals surface area contributed by atoms with Crippen LogP contribution in [0.4, 0.5) is 26.0 Å². The summed E-state index contributed by atoms with van der Waals surface area (Å²) in [5.74, 6) is -2.84. The van der Waals surface area contributed by atoms with Gasteiger partial charge < -0.3 is 29.3 Å². The van der Waals surface area contributed by atoms with Crippen LogP contribution < -0.4 is 32.8 Å². The number of amides is 1. The highest BCUT2D eigenvalue weighted by Gasteiger charge is 2.54. The fourth-order valence-corrected chi connectivity index (χ4v) is 8.21. The number of hydrogen-bond acceptors (Lipinski definition) is 13. The van der Waals surface area contributed by atoms with Gasteiger partial charge in [-0.05, 0) is 104 Å². The van der Waals surface area contributed by atoms with Gasteiger partial charge in [0.1, 0.15) is 28.6 Å². The van der Waals surface area contributed by atoms with Gasteiger partial charge in [0.25, 0.3) is 17.9 Å². The summed E-state index contributed by atoms with van der Waals surface area (Å²) in [5, 5.41) is 11.6. The summed E-state index contributed by atoms with van der Waals surface area (Å²) in [4.78, 5) is 56.2. The molecule has 2 N–H and O–H groups in total. The fraction of sp³-hybridized carbons (Fsp3) is 0.452. The summed E-state index contributed by atoms with van der Waals surface area (Å²) in [7, 11) is 1.23. The number of hydrogen-bond donors (Lipinski definition) is 2. The van der Waals surface area contributed by atoms with Crippen molar-refractivity contribution in [2.75, 3.05) is 17.7 Å². The Morgan fingerprint density at radius 2 is 1.37 bits per heavy atom. The Kier molecular flexibility index (Phi) is 10.5. The summed E-state index contributed by atoms with van der Waals surface area (Å²) in [6.07, 6.45) is -0.287. The lowest BCUT2D eigenvalue weighted by atomic mass is 9.75. The maximum Gasteiger partial charge on any atom is 0.496 e. The molecule has 2 fully saturated rings. The molecule has 2 unspecified atom stereocenters. The quantitative estimate of drug-likeness (QED) is 0.244. The molecule has 2 saturated heterocycles. The van der Waals surface area contributed by atoms with Crippen molar-refractivity contribution in [3.63, 3.8) is 0 Å². The van der Waals surface area contributed by atoms with Crippen LogP contribution in [0.2, 0.25) is 5.02 Å². The van der Waals surface area contributed by atoms with Gasteiger partial charge in [0.15, 0.2) is 11.5 Å². The third-order valence-corrected chi connectivity index (χ3v) is 13.5. The van der Waals surface area contributed by atoms with Crippen LogP contribution in [0.3, 0.4) is 0 Å². The first-order valence-corrected chi connectivity index (χ1v) is 20.7. The number of nitrogens with zero attached hydrogens (tertiary/aromatic N) is 7. The number of benzene rings is 2. The number of anilines is 3. The average molecular weight is 886 g/mol. The van der Waals surface area contributed by atoms with E-state index in [0.717, 1.165) is 20.2 Å². The number of rotatable bonds is 7. The molecule has 0 saturated carbocycles. The third-order valence-electron chi connectivity index (χ3n) is 13.1. The van der Waals surface area contributed by atoms with Gasteiger partial charge in [-0.1, -0.05) is 35.9 Å². The van der Waals surface area contributed by atoms with Crippen molar-refractivity contribution < 1.29 is 32.2 Å². The lowest BCUT2D eigenvalue weighted by Gasteiger charge is -2.41. The molecule has 2 atom stereocenters. The minimum Gasteiger partial charge on any atom is -0.399 e. The van der Waals surface area contributed by atoms with Crippen LogP contribution in [0.1, 0.15) is 80.1 Å². The number of carbonyl (C=O) groups is 1. The molecule has 6 heterocycles. The normalized spacial score (nSPS) is 23.3. The largest absolute Gasteiger partial charge is 0.496 e. The maximum absolute atomic E-state index is 14.9. The second-order valence-electron chi connectivity index (χ2n) is 18.4. The number of aryl methyl sites for hydroxylation is 1. The van der Waals surface area contributed by atoms with E-state index in [-0.39, 0.29) is 33.4 Å². The van der Waals surface area contributed by atoms with E-state index in [4.69, 9.17) is 35.2 Å². The number of aromatic nitrogens is 4. The van der Waals surface area contributed by atoms with E-state index in [1.165, 1.54) is 31.4 Å². The Bertz CT molecular complexity index is 2800. The zero-order valence-electron chi connectivity index (χ0n) is 37.1. The highest BCUT2D eigenvalue weighted by atomic mass is 35.5. The number of carbonyl (C=O) groups excluding carboxylic acids is 1. The lowest BCUT2D eigenvalue weighted by molar-refractivity contribution is -0.134. The average Bonchev–Trinajstić information content (AvgIpc) is 3.55. The molecule has 0 aliphatic carbocycles. The van der Waals surface area contributed by atoms with Crippen LogP contribution in [0.5, 0.6) is 0 Å². The van der Waals surface area contributed by atoms with E-state index in [9.17, 15) is 23.2 Å². The van der Waals surface area contributed by atoms with Gasteiger partial charge >= 0.3 is 19.9 Å². The minimum absolute atomic E-state index is 0.116. The number of dihydropyridines is 1. The van der Waals surface area contributed by atoms with Crippen molar-refractivity contribution in [2.45, 2.75) is 104 Å². The standard InChI is InChI=1S/C42H48B2ClF2N9O7/c1-21-23(43-60-38(2,3)39(4,5)61-43)15-13-17-25(21)52-42(10)29-22(20-48-55(12)36(29)58)19-27(53-42)56-35(57)28-32(50-33(31(46)47)51-34(28)54(11)37(56)59)49-26-18-14-16-24(30(26)45)44-62-40(6,7)41(8,9)63-44/h13-20,29,31,52H,1-12H3,(H,49,50,51). The Hall–Kier alpha value is -5.27. The Morgan fingerprint density at radius 1 is 0.810 bits per heavy atom. The molecule has 21 heteroatoms. The zero-order valence-corrected chi connectivity index (χ0v) is 37.8. The van der Waals surface area contributed by atoms with Crippen LogP contribution in [0.15, 0.2) is 67.7 Å². The van der Waals surface area contributed by atoms with Crippen LogP contribution in [-0.4, -0.2) is 91.4 Å². The number of hydrazone groups is 1. The van der Waals surface area contributed by atoms with Gasteiger partial charge in [-0.25, -0.2) is 38.1 Å². The SMILES string of the molecule is Cc1c(NC2(C)N=C(n3c(=O)c4c(Nc5cccc(B6OC(C)(C)C(C)(C)O6)c5Cl)nc(C(F)F)nc4n(C)c3=O)C=C3C=NN(C)C(=O)C32)cccc1B1OC(C)(C)C(C)(C)O1. The van der Waals surface area contributed by atoms with Crippen molar-refractivity contribution in [3.8, 4) is 0 Å². The van der Waals surface area contributed by atoms with E-state index in [2.05, 4.69) is 25.7 Å². The third kappa shape index (κ3) is 7.19. The Labute approximate surface area is 368 Å². The number of alkyl halides is 2. The van der Waals surface area contributed by atoms with Gasteiger partial charge in [0, 0.05) is 25.2 Å². The van der Waals surface area contributed by atoms with E-state index in [1.54, 1.807) is 25.1 Å². The summed E-state index contributed by atoms with van der Waals surface area (Å²) in [6, 6.07) is 10.5. The summed E-state index contributed by atoms with van der Waals surface area (Å²) >= 11 is 6.95. The number of halogens is 3. The predicted molar refractivity (Wildman–Crippen MR) is 239 cm³/mol. The number of fused-ring (bicyclic) bond motifs is 2. The maximum atomic E-state index is 14.9. The van der Waals surface area contributed by atoms with Crippen molar-refractivity contribution in [1.82, 2.24) is 24.1 Å². The Balaban J connectivity index is 1.27. The first kappa shape index (κ1) is 44.3. The molecule has 4 aromatic rings. The molecule has 2 aromatic carbocycles. The second kappa shape index (κ2) is 14.9. The molecule has 4 aliphatic heterocycles. The first-order valence-electron chi connectivity index (χ1n) is 20.4. The van der Waals surface area contributed by atoms with Crippen LogP contribution in [0.25, 0.3) is 11.0 Å². The number of aliphatic imine (C=N–C) groups is 1. The van der Waals surface area contributed by atoms with Crippen LogP contribution in [0, 0.1) is 12.8 Å². The molecule has 63 heavy (non-hydrogen) atoms. The molecule has 8 rings (SSSR count). The van der Waals surface area contributed by atoms with Gasteiger partial charge in [0.2, 0.25) is 0 Å². The smallest absolute Gasteiger partial charge is 0.399 e. The van der Waals surface area contributed by atoms with E-state index < -0.39 is 77.6 Å². The fourth-order valence-electron chi connectivity index (χ4n) is 7.95. The number of allylic oxidation sites excluding steroid dienone is 1. The van der Waals surface area contributed by atoms with Crippen LogP contribution in [-0.2, 0) is 30.5 Å². The minimum atomic E-state index is -3.18. The van der Waals surface area contributed by atoms with Gasteiger partial charge in [-0.15, -0.1) is 0 Å². The monoisotopic (exact) mass is 885 g/mol. The molecular weight excluding hydrogens is 838 g/mol. The predicted octanol–water partition coefficient (Wildman–Crippen LogP) is 4.82. The van der Waals surface area contributed by atoms with Gasteiger partial charge in [-0.3, -0.25) is 14.2 Å². The van der Waals surface area contributed by atoms with Gasteiger partial charge in [0.05, 0.1) is 39.3 Å². The Morgan fingerprint density at radius 3 is 1.95 bits per heavy atom. The summed E-state index contributed by atoms with van der Waals surface area (Å²) in [5.41, 5.74) is -3.42. The molecular formula is C42H48B2ClF2N9O7. The van der Waals surface area contributed by atoms with E-state index in [0.29, 0.717) is 16.7 Å².